The average Bonchev–Trinajstić information content (AvgIpc) is 2.57. The highest BCUT2D eigenvalue weighted by Crippen LogP contribution is 2.41. The summed E-state index contributed by atoms with van der Waals surface area (Å²) in [6.45, 7) is 18.1. The second-order valence-electron chi connectivity index (χ2n) is 24.5. The van der Waals surface area contributed by atoms with Gasteiger partial charge in [-0.05, 0) is 113 Å². The SMILES string of the molecule is Cc1ncsc1-c1ccc([C@H](C)NC(=O)[C@@H]2C[C@@H](O)CN2C(=O)[C@@H](c2cc(N3CCN(CCC4CCN(CCOC5CC(Oc6cc(N7C8CC[C@@H]7CN(c7cc(-c9ccccc9O)nnc7N)C8)ccn6)C5)CC4)CC3)no2)C(C)C)cc1. The molecule has 446 valence electrons. The lowest BCUT2D eigenvalue weighted by atomic mass is 9.91. The number of pyridine rings is 1. The van der Waals surface area contributed by atoms with Crippen LogP contribution in [0.4, 0.5) is 23.0 Å². The molecule has 9 heterocycles. The summed E-state index contributed by atoms with van der Waals surface area (Å²) in [7, 11) is 0. The predicted molar refractivity (Wildman–Crippen MR) is 324 cm³/mol. The summed E-state index contributed by atoms with van der Waals surface area (Å²) in [5.74, 6) is 1.86. The van der Waals surface area contributed by atoms with Gasteiger partial charge in [0.15, 0.2) is 17.4 Å². The quantitative estimate of drug-likeness (QED) is 0.0579. The van der Waals surface area contributed by atoms with Gasteiger partial charge in [-0.1, -0.05) is 55.4 Å². The smallest absolute Gasteiger partial charge is 0.243 e. The lowest BCUT2D eigenvalue weighted by molar-refractivity contribution is -0.141. The van der Waals surface area contributed by atoms with E-state index >= 15 is 0 Å². The summed E-state index contributed by atoms with van der Waals surface area (Å²) in [6.07, 6.45) is 9.08. The van der Waals surface area contributed by atoms with Crippen LogP contribution in [0.15, 0.2) is 89.0 Å². The first-order valence-corrected chi connectivity index (χ1v) is 31.3. The molecule has 1 aliphatic carbocycles. The molecule has 6 aliphatic rings. The molecule has 2 aromatic carbocycles. The summed E-state index contributed by atoms with van der Waals surface area (Å²) in [5, 5.41) is 37.4. The molecular weight excluding hydrogens is 1080 g/mol. The Hall–Kier alpha value is -6.91. The van der Waals surface area contributed by atoms with Crippen molar-refractivity contribution in [2.24, 2.45) is 11.8 Å². The van der Waals surface area contributed by atoms with Crippen LogP contribution in [0.3, 0.4) is 0 Å². The summed E-state index contributed by atoms with van der Waals surface area (Å²) < 4.78 is 18.7. The summed E-state index contributed by atoms with van der Waals surface area (Å²) in [6, 6.07) is 22.8. The third kappa shape index (κ3) is 12.7. The maximum atomic E-state index is 14.4. The van der Waals surface area contributed by atoms with Crippen molar-refractivity contribution in [2.45, 2.75) is 127 Å². The standard InChI is InChI=1S/C63H81N13O7S/c1-39(2)59(63(80)75-37-48(77)30-54(75)62(79)67-40(3)43-9-11-44(12-10-43)60-41(4)66-38-84-60)56-34-57(70-83-56)73-25-23-72(24-26-73)22-18-42-16-20-71(21-17-42)27-28-81-49-31-50(32-49)82-58-29-45(15-19-65-58)76-46-13-14-47(76)36-74(35-46)53-33-52(68-69-61(53)64)51-7-5-6-8-55(51)78/h5-12,15,19,29,33-34,38-40,42,46-50,54,59,77-78H,13-14,16-18,20-28,30-32,35-37H2,1-4H3,(H2,64,69)(H,67,79)/t40-,46+,47?,48+,49?,50?,54-,59+/m0/s1. The second kappa shape index (κ2) is 25.4. The van der Waals surface area contributed by atoms with Gasteiger partial charge in [-0.3, -0.25) is 14.5 Å². The van der Waals surface area contributed by atoms with Crippen molar-refractivity contribution in [3.8, 4) is 33.3 Å². The van der Waals surface area contributed by atoms with Gasteiger partial charge in [0, 0.05) is 113 Å². The number of thiazole rings is 1. The number of nitrogens with two attached hydrogens (primary N) is 1. The maximum absolute atomic E-state index is 14.4. The van der Waals surface area contributed by atoms with Crippen LogP contribution < -0.4 is 30.5 Å². The van der Waals surface area contributed by atoms with Gasteiger partial charge in [-0.15, -0.1) is 21.5 Å². The number of hydrogen-bond donors (Lipinski definition) is 4. The van der Waals surface area contributed by atoms with Crippen molar-refractivity contribution in [1.29, 1.82) is 0 Å². The number of para-hydroxylation sites is 1. The molecule has 84 heavy (non-hydrogen) atoms. The molecule has 6 fully saturated rings. The van der Waals surface area contributed by atoms with Crippen LogP contribution in [0.25, 0.3) is 21.7 Å². The zero-order valence-electron chi connectivity index (χ0n) is 48.8. The maximum Gasteiger partial charge on any atom is 0.243 e. The lowest BCUT2D eigenvalue weighted by Crippen LogP contribution is -2.54. The summed E-state index contributed by atoms with van der Waals surface area (Å²) >= 11 is 1.60. The Bertz CT molecular complexity index is 3200. The fraction of sp³-hybridized carbons (Fsp3) is 0.540. The van der Waals surface area contributed by atoms with Crippen molar-refractivity contribution < 1.29 is 33.8 Å². The number of aromatic nitrogens is 5. The largest absolute Gasteiger partial charge is 0.507 e. The number of rotatable bonds is 20. The molecule has 2 amide bonds. The van der Waals surface area contributed by atoms with Crippen LogP contribution in [-0.4, -0.2) is 177 Å². The Kier molecular flexibility index (Phi) is 17.4. The van der Waals surface area contributed by atoms with Gasteiger partial charge in [0.05, 0.1) is 52.3 Å². The zero-order chi connectivity index (χ0) is 58.0. The average molecular weight is 1160 g/mol. The Balaban J connectivity index is 0.534. The number of likely N-dealkylation sites (tertiary alicyclic amines) is 2. The van der Waals surface area contributed by atoms with Crippen molar-refractivity contribution in [3.05, 3.63) is 102 Å². The van der Waals surface area contributed by atoms with Gasteiger partial charge in [-0.25, -0.2) is 9.97 Å². The number of nitrogens with zero attached hydrogens (tertiary/aromatic N) is 11. The number of carbonyl (C=O) groups excluding carboxylic acids is 2. The monoisotopic (exact) mass is 1160 g/mol. The van der Waals surface area contributed by atoms with E-state index in [1.54, 1.807) is 28.4 Å². The molecular formula is C63H81N13O7S. The molecule has 5 aliphatic heterocycles. The van der Waals surface area contributed by atoms with Gasteiger partial charge >= 0.3 is 0 Å². The number of aliphatic hydroxyl groups is 1. The van der Waals surface area contributed by atoms with E-state index in [1.807, 2.05) is 87.9 Å². The number of phenols is 1. The van der Waals surface area contributed by atoms with Crippen molar-refractivity contribution in [1.82, 2.24) is 45.3 Å². The van der Waals surface area contributed by atoms with E-state index < -0.39 is 18.1 Å². The number of piperazine rings is 2. The fourth-order valence-electron chi connectivity index (χ4n) is 13.6. The number of aryl methyl sites for hydroxylation is 1. The van der Waals surface area contributed by atoms with E-state index in [0.717, 1.165) is 143 Å². The van der Waals surface area contributed by atoms with Crippen LogP contribution in [0.5, 0.6) is 11.6 Å². The van der Waals surface area contributed by atoms with Crippen molar-refractivity contribution in [2.75, 3.05) is 99.0 Å². The molecule has 4 aromatic heterocycles. The molecule has 5 N–H and O–H groups in total. The van der Waals surface area contributed by atoms with E-state index in [0.29, 0.717) is 40.8 Å². The minimum absolute atomic E-state index is 0.0867. The molecule has 1 unspecified atom stereocenters. The topological polar surface area (TPSA) is 228 Å². The first kappa shape index (κ1) is 57.5. The zero-order valence-corrected chi connectivity index (χ0v) is 49.7. The third-order valence-electron chi connectivity index (χ3n) is 18.6. The Morgan fingerprint density at radius 3 is 2.31 bits per heavy atom. The van der Waals surface area contributed by atoms with Gasteiger partial charge in [0.2, 0.25) is 17.7 Å². The minimum Gasteiger partial charge on any atom is -0.507 e. The number of hydrogen-bond acceptors (Lipinski definition) is 19. The Labute approximate surface area is 496 Å². The minimum atomic E-state index is -0.800. The number of benzene rings is 2. The highest BCUT2D eigenvalue weighted by atomic mass is 32.1. The van der Waals surface area contributed by atoms with Crippen molar-refractivity contribution >= 4 is 46.2 Å². The number of ether oxygens (including phenoxy) is 2. The van der Waals surface area contributed by atoms with E-state index in [9.17, 15) is 19.8 Å². The molecule has 0 spiro atoms. The Morgan fingerprint density at radius 1 is 0.833 bits per heavy atom. The van der Waals surface area contributed by atoms with Crippen LogP contribution in [-0.2, 0) is 14.3 Å². The van der Waals surface area contributed by atoms with Gasteiger partial charge < -0.3 is 59.8 Å². The van der Waals surface area contributed by atoms with Crippen LogP contribution in [0.2, 0.25) is 0 Å². The fourth-order valence-corrected chi connectivity index (χ4v) is 14.4. The first-order valence-electron chi connectivity index (χ1n) is 30.4. The predicted octanol–water partition coefficient (Wildman–Crippen LogP) is 7.53. The molecule has 6 atom stereocenters. The number of nitrogen functional groups attached to an aromatic ring is 1. The molecule has 6 aromatic rings. The van der Waals surface area contributed by atoms with E-state index in [-0.39, 0.29) is 54.7 Å². The van der Waals surface area contributed by atoms with Gasteiger partial charge in [0.1, 0.15) is 23.8 Å². The first-order chi connectivity index (χ1) is 40.8. The molecule has 21 heteroatoms. The highest BCUT2D eigenvalue weighted by Gasteiger charge is 2.45. The number of β-amino-alcohol motifs (C(OH)–C–C–N with tert-alkyl or cyclic N) is 1. The Morgan fingerprint density at radius 2 is 1.58 bits per heavy atom. The number of aliphatic hydroxyl groups excluding tert-OH is 1. The molecule has 5 saturated heterocycles. The third-order valence-corrected chi connectivity index (χ3v) is 19.6. The number of phenolic OH excluding ortho intramolecular Hbond substituents is 1. The van der Waals surface area contributed by atoms with Gasteiger partial charge in [0.25, 0.3) is 0 Å². The number of aromatic hydroxyl groups is 1. The van der Waals surface area contributed by atoms with Crippen LogP contribution >= 0.6 is 11.3 Å². The van der Waals surface area contributed by atoms with Crippen LogP contribution in [0.1, 0.15) is 101 Å². The van der Waals surface area contributed by atoms with Crippen LogP contribution in [0, 0.1) is 18.8 Å². The van der Waals surface area contributed by atoms with E-state index in [2.05, 4.69) is 67.3 Å². The van der Waals surface area contributed by atoms with Crippen molar-refractivity contribution in [3.63, 3.8) is 0 Å². The second-order valence-corrected chi connectivity index (χ2v) is 25.4. The molecule has 1 saturated carbocycles. The number of fused-ring (bicyclic) bond motifs is 2. The molecule has 0 radical (unpaired) electrons. The number of piperidine rings is 1. The summed E-state index contributed by atoms with van der Waals surface area (Å²) in [5.41, 5.74) is 14.5. The van der Waals surface area contributed by atoms with E-state index in [1.165, 1.54) is 19.3 Å². The molecule has 2 bridgehead atoms. The molecule has 12 rings (SSSR count). The molecule has 20 nitrogen and oxygen atoms in total. The summed E-state index contributed by atoms with van der Waals surface area (Å²) in [4.78, 5) is 52.1. The normalized spacial score (nSPS) is 23.9. The number of anilines is 4. The van der Waals surface area contributed by atoms with E-state index in [4.69, 9.17) is 19.7 Å². The number of carbonyl (C=O) groups is 2. The lowest BCUT2D eigenvalue weighted by Gasteiger charge is -2.43. The number of nitrogens with one attached hydrogen (secondary N) is 1. The number of amides is 2. The highest BCUT2D eigenvalue weighted by molar-refractivity contribution is 7.13. The van der Waals surface area contributed by atoms with Gasteiger partial charge in [-0.2, -0.15) is 0 Å².